The van der Waals surface area contributed by atoms with E-state index in [1.54, 1.807) is 0 Å². The van der Waals surface area contributed by atoms with Gasteiger partial charge in [-0.25, -0.2) is 0 Å². The molecule has 1 fully saturated rings. The number of rotatable bonds is 5. The predicted octanol–water partition coefficient (Wildman–Crippen LogP) is 2.07. The Bertz CT molecular complexity index is 580. The molecule has 1 aliphatic carbocycles. The monoisotopic (exact) mass is 318 g/mol. The first-order chi connectivity index (χ1) is 10.9. The number of hydrogen-bond acceptors (Lipinski definition) is 4. The molecule has 1 saturated carbocycles. The smallest absolute Gasteiger partial charge is 0.223 e. The fourth-order valence-electron chi connectivity index (χ4n) is 2.90. The highest BCUT2D eigenvalue weighted by molar-refractivity contribution is 5.83. The van der Waals surface area contributed by atoms with Crippen molar-refractivity contribution in [3.8, 4) is 11.5 Å². The summed E-state index contributed by atoms with van der Waals surface area (Å²) in [5.74, 6) is 2.15. The minimum absolute atomic E-state index is 0.0814. The van der Waals surface area contributed by atoms with Gasteiger partial charge in [-0.15, -0.1) is 0 Å². The topological polar surface area (TPSA) is 59.6 Å². The zero-order valence-electron chi connectivity index (χ0n) is 14.1. The normalized spacial score (nSPS) is 22.6. The zero-order chi connectivity index (χ0) is 16.4. The second-order valence-corrected chi connectivity index (χ2v) is 7.32. The van der Waals surface area contributed by atoms with Crippen molar-refractivity contribution in [2.75, 3.05) is 26.3 Å². The summed E-state index contributed by atoms with van der Waals surface area (Å²) in [6.45, 7) is 9.00. The van der Waals surface area contributed by atoms with Crippen LogP contribution in [0.1, 0.15) is 38.7 Å². The largest absolute Gasteiger partial charge is 0.486 e. The van der Waals surface area contributed by atoms with E-state index in [0.29, 0.717) is 25.7 Å². The summed E-state index contributed by atoms with van der Waals surface area (Å²) in [4.78, 5) is 12.2. The lowest BCUT2D eigenvalue weighted by molar-refractivity contribution is -0.122. The third-order valence-corrected chi connectivity index (χ3v) is 4.20. The van der Waals surface area contributed by atoms with Gasteiger partial charge in [0.25, 0.3) is 0 Å². The summed E-state index contributed by atoms with van der Waals surface area (Å²) in [6, 6.07) is 6.02. The highest BCUT2D eigenvalue weighted by Crippen LogP contribution is 2.49. The van der Waals surface area contributed by atoms with Crippen LogP contribution in [0.2, 0.25) is 0 Å². The molecule has 126 valence electrons. The van der Waals surface area contributed by atoms with Crippen LogP contribution in [-0.4, -0.2) is 37.7 Å². The lowest BCUT2D eigenvalue weighted by Gasteiger charge is -2.20. The highest BCUT2D eigenvalue weighted by Gasteiger charge is 2.44. The van der Waals surface area contributed by atoms with Crippen LogP contribution in [0, 0.1) is 5.92 Å². The molecule has 1 aromatic carbocycles. The number of amides is 1. The molecule has 0 radical (unpaired) electrons. The number of ether oxygens (including phenoxy) is 2. The average Bonchev–Trinajstić information content (AvgIpc) is 3.30. The summed E-state index contributed by atoms with van der Waals surface area (Å²) < 4.78 is 11.1. The maximum Gasteiger partial charge on any atom is 0.223 e. The van der Waals surface area contributed by atoms with Crippen molar-refractivity contribution >= 4 is 5.91 Å². The van der Waals surface area contributed by atoms with Crippen LogP contribution in [0.5, 0.6) is 11.5 Å². The maximum atomic E-state index is 12.2. The predicted molar refractivity (Wildman–Crippen MR) is 89.0 cm³/mol. The van der Waals surface area contributed by atoms with E-state index in [0.717, 1.165) is 24.5 Å². The van der Waals surface area contributed by atoms with E-state index in [2.05, 4.69) is 31.4 Å². The molecule has 0 spiro atoms. The summed E-state index contributed by atoms with van der Waals surface area (Å²) in [6.07, 6.45) is 0.915. The Morgan fingerprint density at radius 2 is 1.91 bits per heavy atom. The molecule has 2 aliphatic rings. The van der Waals surface area contributed by atoms with Gasteiger partial charge >= 0.3 is 0 Å². The molecule has 0 bridgehead atoms. The fourth-order valence-corrected chi connectivity index (χ4v) is 2.90. The van der Waals surface area contributed by atoms with Gasteiger partial charge in [-0.2, -0.15) is 0 Å². The van der Waals surface area contributed by atoms with Crippen LogP contribution in [0.25, 0.3) is 0 Å². The molecule has 23 heavy (non-hydrogen) atoms. The SMILES string of the molecule is CC(C)(C)NCCNC(=O)[C@H]1C[C@@H]1c1ccc2c(c1)OCCO2. The third kappa shape index (κ3) is 4.16. The summed E-state index contributed by atoms with van der Waals surface area (Å²) in [5.41, 5.74) is 1.25. The average molecular weight is 318 g/mol. The first-order valence-corrected chi connectivity index (χ1v) is 8.36. The van der Waals surface area contributed by atoms with Crippen LogP contribution < -0.4 is 20.1 Å². The second kappa shape index (κ2) is 6.40. The minimum atomic E-state index is 0.0814. The van der Waals surface area contributed by atoms with E-state index in [4.69, 9.17) is 9.47 Å². The van der Waals surface area contributed by atoms with E-state index in [1.165, 1.54) is 5.56 Å². The highest BCUT2D eigenvalue weighted by atomic mass is 16.6. The second-order valence-electron chi connectivity index (χ2n) is 7.32. The molecule has 3 rings (SSSR count). The lowest BCUT2D eigenvalue weighted by Crippen LogP contribution is -2.41. The van der Waals surface area contributed by atoms with Crippen molar-refractivity contribution in [2.45, 2.75) is 38.6 Å². The van der Waals surface area contributed by atoms with Gasteiger partial charge < -0.3 is 20.1 Å². The maximum absolute atomic E-state index is 12.2. The molecule has 2 N–H and O–H groups in total. The molecule has 0 aromatic heterocycles. The van der Waals surface area contributed by atoms with E-state index >= 15 is 0 Å². The van der Waals surface area contributed by atoms with Gasteiger partial charge in [0, 0.05) is 24.5 Å². The van der Waals surface area contributed by atoms with Crippen LogP contribution in [0.4, 0.5) is 0 Å². The van der Waals surface area contributed by atoms with Crippen molar-refractivity contribution in [1.82, 2.24) is 10.6 Å². The van der Waals surface area contributed by atoms with Crippen LogP contribution in [0.15, 0.2) is 18.2 Å². The Hall–Kier alpha value is -1.75. The van der Waals surface area contributed by atoms with Crippen molar-refractivity contribution in [2.24, 2.45) is 5.92 Å². The number of benzene rings is 1. The Kier molecular flexibility index (Phi) is 4.48. The molecule has 1 aliphatic heterocycles. The molecule has 2 atom stereocenters. The molecular weight excluding hydrogens is 292 g/mol. The minimum Gasteiger partial charge on any atom is -0.486 e. The van der Waals surface area contributed by atoms with Gasteiger partial charge in [-0.3, -0.25) is 4.79 Å². The number of fused-ring (bicyclic) bond motifs is 1. The van der Waals surface area contributed by atoms with Gasteiger partial charge in [0.15, 0.2) is 11.5 Å². The standard InChI is InChI=1S/C18H26N2O3/c1-18(2,3)20-7-6-19-17(21)14-11-13(14)12-4-5-15-16(10-12)23-9-8-22-15/h4-5,10,13-14,20H,6-9,11H2,1-3H3,(H,19,21)/t13-,14+/m1/s1. The number of carbonyl (C=O) groups is 1. The quantitative estimate of drug-likeness (QED) is 0.816. The van der Waals surface area contributed by atoms with E-state index in [1.807, 2.05) is 18.2 Å². The molecule has 5 nitrogen and oxygen atoms in total. The van der Waals surface area contributed by atoms with Crippen molar-refractivity contribution < 1.29 is 14.3 Å². The Morgan fingerprint density at radius 1 is 1.17 bits per heavy atom. The summed E-state index contributed by atoms with van der Waals surface area (Å²) >= 11 is 0. The Balaban J connectivity index is 1.48. The molecule has 1 heterocycles. The van der Waals surface area contributed by atoms with Gasteiger partial charge in [0.05, 0.1) is 0 Å². The molecule has 0 unspecified atom stereocenters. The van der Waals surface area contributed by atoms with Gasteiger partial charge in [0.2, 0.25) is 5.91 Å². The van der Waals surface area contributed by atoms with E-state index < -0.39 is 0 Å². The van der Waals surface area contributed by atoms with Gasteiger partial charge in [-0.1, -0.05) is 6.07 Å². The summed E-state index contributed by atoms with van der Waals surface area (Å²) in [5, 5.41) is 6.39. The van der Waals surface area contributed by atoms with Crippen molar-refractivity contribution in [1.29, 1.82) is 0 Å². The van der Waals surface area contributed by atoms with E-state index in [-0.39, 0.29) is 17.4 Å². The third-order valence-electron chi connectivity index (χ3n) is 4.20. The van der Waals surface area contributed by atoms with Crippen LogP contribution in [0.3, 0.4) is 0 Å². The number of nitrogens with one attached hydrogen (secondary N) is 2. The molecule has 5 heteroatoms. The first kappa shape index (κ1) is 16.1. The molecule has 1 aromatic rings. The van der Waals surface area contributed by atoms with Crippen molar-refractivity contribution in [3.05, 3.63) is 23.8 Å². The van der Waals surface area contributed by atoms with Crippen LogP contribution in [-0.2, 0) is 4.79 Å². The van der Waals surface area contributed by atoms with Crippen LogP contribution >= 0.6 is 0 Å². The Morgan fingerprint density at radius 3 is 2.65 bits per heavy atom. The molecule has 1 amide bonds. The van der Waals surface area contributed by atoms with Gasteiger partial charge in [0.1, 0.15) is 13.2 Å². The molecular formula is C18H26N2O3. The molecule has 0 saturated heterocycles. The van der Waals surface area contributed by atoms with E-state index in [9.17, 15) is 4.79 Å². The van der Waals surface area contributed by atoms with Gasteiger partial charge in [-0.05, 0) is 50.8 Å². The zero-order valence-corrected chi connectivity index (χ0v) is 14.1. The fraction of sp³-hybridized carbons (Fsp3) is 0.611. The number of carbonyl (C=O) groups excluding carboxylic acids is 1. The first-order valence-electron chi connectivity index (χ1n) is 8.36. The van der Waals surface area contributed by atoms with Crippen molar-refractivity contribution in [3.63, 3.8) is 0 Å². The Labute approximate surface area is 137 Å². The summed E-state index contributed by atoms with van der Waals surface area (Å²) in [7, 11) is 0. The lowest BCUT2D eigenvalue weighted by atomic mass is 10.1. The number of hydrogen-bond donors (Lipinski definition) is 2.